The van der Waals surface area contributed by atoms with Gasteiger partial charge in [-0.3, -0.25) is 9.59 Å². The van der Waals surface area contributed by atoms with E-state index in [0.29, 0.717) is 10.6 Å². The van der Waals surface area contributed by atoms with Gasteiger partial charge >= 0.3 is 5.91 Å². The molecular formula is C19H19N5O2. The van der Waals surface area contributed by atoms with Crippen LogP contribution < -0.4 is 32.7 Å². The number of carbonyl (C=O) groups is 2. The molecule has 1 heterocycles. The molecule has 2 aromatic rings. The number of nitrogens with zero attached hydrogens (tertiary/aromatic N) is 1. The van der Waals surface area contributed by atoms with E-state index >= 15 is 0 Å². The Morgan fingerprint density at radius 1 is 0.962 bits per heavy atom. The Balaban J connectivity index is 2.29. The van der Waals surface area contributed by atoms with Gasteiger partial charge in [-0.25, -0.2) is 4.99 Å². The number of nitrogens with one attached hydrogen (secondary N) is 2. The minimum atomic E-state index is -0.780. The number of hydrogen-bond donors (Lipinski definition) is 4. The summed E-state index contributed by atoms with van der Waals surface area (Å²) in [5.41, 5.74) is 13.3. The number of anilines is 2. The molecule has 7 heteroatoms. The molecule has 26 heavy (non-hydrogen) atoms. The maximum absolute atomic E-state index is 11.7. The lowest BCUT2D eigenvalue weighted by Crippen LogP contribution is -2.34. The molecule has 3 rings (SSSR count). The number of carbonyl (C=O) groups excluding carboxylic acids is 2. The zero-order chi connectivity index (χ0) is 18.8. The maximum Gasteiger partial charge on any atom is 0.317 e. The molecule has 0 fully saturated rings. The lowest BCUT2D eigenvalue weighted by Gasteiger charge is -2.18. The Morgan fingerprint density at radius 3 is 2.04 bits per heavy atom. The second kappa shape index (κ2) is 6.91. The third-order valence-electron chi connectivity index (χ3n) is 4.04. The Labute approximate surface area is 149 Å². The topological polar surface area (TPSA) is 123 Å². The molecule has 132 valence electrons. The van der Waals surface area contributed by atoms with Gasteiger partial charge in [0.2, 0.25) is 5.78 Å². The van der Waals surface area contributed by atoms with Crippen LogP contribution in [0.2, 0.25) is 0 Å². The first-order chi connectivity index (χ1) is 12.4. The van der Waals surface area contributed by atoms with Crippen molar-refractivity contribution in [1.29, 1.82) is 0 Å². The third kappa shape index (κ3) is 3.26. The second-order valence-electron chi connectivity index (χ2n) is 5.85. The molecule has 2 atom stereocenters. The molecule has 0 aromatic heterocycles. The fourth-order valence-corrected chi connectivity index (χ4v) is 2.71. The number of Topliss-reactive ketones (excluding diaryl/α,β-unsaturated/α-hetero) is 1. The van der Waals surface area contributed by atoms with Crippen LogP contribution in [-0.4, -0.2) is 24.0 Å². The lowest BCUT2D eigenvalue weighted by molar-refractivity contribution is -0.132. The highest BCUT2D eigenvalue weighted by Gasteiger charge is 2.16. The highest BCUT2D eigenvalue weighted by molar-refractivity contribution is 6.48. The quantitative estimate of drug-likeness (QED) is 0.334. The fraction of sp³-hybridized carbons (Fsp3) is 0.105. The standard InChI is InChI=1S/C19H19N5O2/c1-3-17(20)22-13-5-6-14(23-18(21)4-2)12-9-15-10(7-11(12)13)8-16(25)19(26)24-15/h3-9,17-18,22-23H,1-2,20-21H2. The molecular weight excluding hydrogens is 330 g/mol. The van der Waals surface area contributed by atoms with E-state index in [9.17, 15) is 9.59 Å². The van der Waals surface area contributed by atoms with Crippen LogP contribution in [-0.2, 0) is 9.59 Å². The first kappa shape index (κ1) is 17.5. The third-order valence-corrected chi connectivity index (χ3v) is 4.04. The monoisotopic (exact) mass is 349 g/mol. The van der Waals surface area contributed by atoms with Crippen LogP contribution in [0.5, 0.6) is 0 Å². The van der Waals surface area contributed by atoms with Gasteiger partial charge in [-0.2, -0.15) is 0 Å². The number of ketones is 1. The van der Waals surface area contributed by atoms with Crippen LogP contribution in [0.1, 0.15) is 0 Å². The Bertz CT molecular complexity index is 973. The number of nitrogens with two attached hydrogens (primary N) is 2. The Morgan fingerprint density at radius 2 is 1.50 bits per heavy atom. The van der Waals surface area contributed by atoms with E-state index in [0.717, 1.165) is 22.1 Å². The van der Waals surface area contributed by atoms with Crippen LogP contribution in [0.3, 0.4) is 0 Å². The van der Waals surface area contributed by atoms with E-state index in [4.69, 9.17) is 11.5 Å². The summed E-state index contributed by atoms with van der Waals surface area (Å²) < 4.78 is 0. The van der Waals surface area contributed by atoms with E-state index < -0.39 is 24.0 Å². The van der Waals surface area contributed by atoms with Crippen molar-refractivity contribution in [3.63, 3.8) is 0 Å². The van der Waals surface area contributed by atoms with Crippen molar-refractivity contribution in [2.45, 2.75) is 12.3 Å². The van der Waals surface area contributed by atoms with E-state index in [-0.39, 0.29) is 0 Å². The number of benzene rings is 2. The van der Waals surface area contributed by atoms with Gasteiger partial charge in [-0.15, -0.1) is 0 Å². The van der Waals surface area contributed by atoms with Gasteiger partial charge in [-0.1, -0.05) is 25.3 Å². The molecule has 0 saturated carbocycles. The van der Waals surface area contributed by atoms with Crippen molar-refractivity contribution < 1.29 is 9.59 Å². The molecule has 2 unspecified atom stereocenters. The van der Waals surface area contributed by atoms with Crippen LogP contribution in [0, 0.1) is 0 Å². The first-order valence-electron chi connectivity index (χ1n) is 7.98. The summed E-state index contributed by atoms with van der Waals surface area (Å²) in [5.74, 6) is -1.42. The highest BCUT2D eigenvalue weighted by atomic mass is 16.2. The molecule has 0 aliphatic carbocycles. The number of amides is 1. The lowest BCUT2D eigenvalue weighted by atomic mass is 10.0. The summed E-state index contributed by atoms with van der Waals surface area (Å²) in [5, 5.41) is 8.86. The van der Waals surface area contributed by atoms with E-state index in [1.165, 1.54) is 6.08 Å². The highest BCUT2D eigenvalue weighted by Crippen LogP contribution is 2.29. The predicted molar refractivity (Wildman–Crippen MR) is 103 cm³/mol. The van der Waals surface area contributed by atoms with Crippen molar-refractivity contribution in [3.8, 4) is 0 Å². The smallest absolute Gasteiger partial charge is 0.317 e. The molecule has 7 nitrogen and oxygen atoms in total. The zero-order valence-electron chi connectivity index (χ0n) is 14.0. The Hall–Kier alpha value is -3.29. The van der Waals surface area contributed by atoms with Crippen molar-refractivity contribution >= 4 is 39.9 Å². The van der Waals surface area contributed by atoms with Crippen molar-refractivity contribution in [1.82, 2.24) is 0 Å². The van der Waals surface area contributed by atoms with Gasteiger partial charge < -0.3 is 22.1 Å². The van der Waals surface area contributed by atoms with Crippen LogP contribution in [0.15, 0.2) is 54.6 Å². The minimum Gasteiger partial charge on any atom is -0.366 e. The number of fused-ring (bicyclic) bond motifs is 2. The molecule has 1 aliphatic heterocycles. The van der Waals surface area contributed by atoms with Gasteiger partial charge in [0.05, 0.1) is 17.7 Å². The Kier molecular flexibility index (Phi) is 4.66. The summed E-state index contributed by atoms with van der Waals surface area (Å²) in [4.78, 5) is 27.1. The molecule has 0 spiro atoms. The van der Waals surface area contributed by atoms with Gasteiger partial charge in [0.1, 0.15) is 0 Å². The molecule has 6 N–H and O–H groups in total. The summed E-state index contributed by atoms with van der Waals surface area (Å²) in [7, 11) is 0. The maximum atomic E-state index is 11.7. The summed E-state index contributed by atoms with van der Waals surface area (Å²) >= 11 is 0. The summed E-state index contributed by atoms with van der Waals surface area (Å²) in [6.07, 6.45) is 3.55. The first-order valence-corrected chi connectivity index (χ1v) is 7.98. The van der Waals surface area contributed by atoms with Crippen molar-refractivity contribution in [3.05, 3.63) is 60.2 Å². The van der Waals surface area contributed by atoms with Crippen LogP contribution in [0.25, 0.3) is 16.8 Å². The van der Waals surface area contributed by atoms with Crippen molar-refractivity contribution in [2.24, 2.45) is 16.5 Å². The molecule has 1 amide bonds. The van der Waals surface area contributed by atoms with E-state index in [1.807, 2.05) is 12.1 Å². The summed E-state index contributed by atoms with van der Waals surface area (Å²) in [6, 6.07) is 7.23. The van der Waals surface area contributed by atoms with Gasteiger partial charge in [0.15, 0.2) is 0 Å². The average molecular weight is 349 g/mol. The number of hydrogen-bond acceptors (Lipinski definition) is 6. The average Bonchev–Trinajstić information content (AvgIpc) is 2.63. The SMILES string of the molecule is C=CC(N)Nc1ccc(NC(N)C=C)c2cc3c(cc12)=CC(=O)C(=O)N=3. The molecule has 2 aromatic carbocycles. The molecule has 0 saturated heterocycles. The van der Waals surface area contributed by atoms with E-state index in [1.54, 1.807) is 24.3 Å². The van der Waals surface area contributed by atoms with Gasteiger partial charge in [0.25, 0.3) is 0 Å². The van der Waals surface area contributed by atoms with Crippen molar-refractivity contribution in [2.75, 3.05) is 10.6 Å². The largest absolute Gasteiger partial charge is 0.366 e. The van der Waals surface area contributed by atoms with Crippen LogP contribution >= 0.6 is 0 Å². The van der Waals surface area contributed by atoms with Gasteiger partial charge in [-0.05, 0) is 24.3 Å². The van der Waals surface area contributed by atoms with E-state index in [2.05, 4.69) is 28.8 Å². The molecule has 0 radical (unpaired) electrons. The molecule has 0 bridgehead atoms. The second-order valence-corrected chi connectivity index (χ2v) is 5.85. The minimum absolute atomic E-state index is 0.433. The summed E-state index contributed by atoms with van der Waals surface area (Å²) in [6.45, 7) is 7.32. The normalized spacial score (nSPS) is 15.3. The zero-order valence-corrected chi connectivity index (χ0v) is 14.0. The number of rotatable bonds is 6. The fourth-order valence-electron chi connectivity index (χ4n) is 2.71. The van der Waals surface area contributed by atoms with Gasteiger partial charge in [0, 0.05) is 33.4 Å². The predicted octanol–water partition coefficient (Wildman–Crippen LogP) is 0.115. The molecule has 1 aliphatic rings. The van der Waals surface area contributed by atoms with Crippen LogP contribution in [0.4, 0.5) is 11.4 Å².